The lowest BCUT2D eigenvalue weighted by molar-refractivity contribution is -0.386. The van der Waals surface area contributed by atoms with Crippen molar-refractivity contribution in [3.63, 3.8) is 0 Å². The van der Waals surface area contributed by atoms with Gasteiger partial charge in [-0.05, 0) is 50.7 Å². The van der Waals surface area contributed by atoms with Crippen LogP contribution in [0, 0.1) is 16.0 Å². The summed E-state index contributed by atoms with van der Waals surface area (Å²) >= 11 is 0. The monoisotopic (exact) mass is 397 g/mol. The lowest BCUT2D eigenvalue weighted by Gasteiger charge is -2.16. The first-order chi connectivity index (χ1) is 12.8. The second-order valence-corrected chi connectivity index (χ2v) is 8.92. The lowest BCUT2D eigenvalue weighted by atomic mass is 10.2. The van der Waals surface area contributed by atoms with Gasteiger partial charge in [-0.1, -0.05) is 0 Å². The van der Waals surface area contributed by atoms with Crippen LogP contribution in [-0.4, -0.2) is 49.3 Å². The molecule has 148 valence electrons. The Morgan fingerprint density at radius 3 is 2.63 bits per heavy atom. The molecule has 1 aromatic rings. The van der Waals surface area contributed by atoms with Gasteiger partial charge < -0.3 is 10.1 Å². The molecular formula is C17H23N3O6S. The molecule has 10 heteroatoms. The summed E-state index contributed by atoms with van der Waals surface area (Å²) in [5, 5.41) is 14.2. The summed E-state index contributed by atoms with van der Waals surface area (Å²) < 4.78 is 31.8. The van der Waals surface area contributed by atoms with E-state index in [1.54, 1.807) is 0 Å². The molecular weight excluding hydrogens is 374 g/mol. The van der Waals surface area contributed by atoms with E-state index < -0.39 is 20.6 Å². The topological polar surface area (TPSA) is 119 Å². The molecule has 1 aliphatic heterocycles. The van der Waals surface area contributed by atoms with Crippen molar-refractivity contribution in [2.24, 2.45) is 5.92 Å². The second-order valence-electron chi connectivity index (χ2n) is 6.98. The molecule has 1 saturated carbocycles. The molecule has 9 nitrogen and oxygen atoms in total. The molecule has 1 atom stereocenters. The third-order valence-electron chi connectivity index (χ3n) is 4.91. The number of nitro groups is 1. The van der Waals surface area contributed by atoms with Crippen LogP contribution < -0.4 is 10.1 Å². The molecule has 1 amide bonds. The van der Waals surface area contributed by atoms with Crippen molar-refractivity contribution in [2.45, 2.75) is 43.5 Å². The van der Waals surface area contributed by atoms with E-state index in [4.69, 9.17) is 4.74 Å². The number of rotatable bonds is 8. The Labute approximate surface area is 157 Å². The minimum atomic E-state index is -3.77. The third kappa shape index (κ3) is 4.56. The van der Waals surface area contributed by atoms with Crippen LogP contribution in [0.2, 0.25) is 0 Å². The van der Waals surface area contributed by atoms with Crippen molar-refractivity contribution in [2.75, 3.05) is 19.7 Å². The summed E-state index contributed by atoms with van der Waals surface area (Å²) in [7, 11) is -3.77. The smallest absolute Gasteiger partial charge is 0.312 e. The summed E-state index contributed by atoms with van der Waals surface area (Å²) in [5.74, 6) is -0.00887. The predicted molar refractivity (Wildman–Crippen MR) is 96.9 cm³/mol. The van der Waals surface area contributed by atoms with E-state index in [1.807, 2.05) is 6.92 Å². The Kier molecular flexibility index (Phi) is 5.66. The third-order valence-corrected chi connectivity index (χ3v) is 6.80. The highest BCUT2D eigenvalue weighted by Gasteiger charge is 2.31. The van der Waals surface area contributed by atoms with Crippen LogP contribution in [0.5, 0.6) is 5.75 Å². The molecule has 1 heterocycles. The Bertz CT molecular complexity index is 831. The number of nitrogens with one attached hydrogen (secondary N) is 1. The van der Waals surface area contributed by atoms with E-state index in [0.29, 0.717) is 19.0 Å². The van der Waals surface area contributed by atoms with Gasteiger partial charge in [0.2, 0.25) is 10.0 Å². The van der Waals surface area contributed by atoms with Gasteiger partial charge in [0.1, 0.15) is 0 Å². The lowest BCUT2D eigenvalue weighted by Crippen LogP contribution is -2.37. The fourth-order valence-corrected chi connectivity index (χ4v) is 4.69. The molecule has 0 unspecified atom stereocenters. The number of nitro benzene ring substituents is 1. The molecule has 27 heavy (non-hydrogen) atoms. The number of benzene rings is 1. The second kappa shape index (κ2) is 7.81. The van der Waals surface area contributed by atoms with Crippen molar-refractivity contribution in [3.05, 3.63) is 28.3 Å². The summed E-state index contributed by atoms with van der Waals surface area (Å²) in [6.07, 6.45) is 3.72. The van der Waals surface area contributed by atoms with Crippen LogP contribution in [0.25, 0.3) is 0 Å². The van der Waals surface area contributed by atoms with E-state index in [1.165, 1.54) is 16.4 Å². The van der Waals surface area contributed by atoms with Crippen LogP contribution in [0.15, 0.2) is 23.1 Å². The summed E-state index contributed by atoms with van der Waals surface area (Å²) in [4.78, 5) is 22.4. The van der Waals surface area contributed by atoms with Gasteiger partial charge in [0, 0.05) is 25.2 Å². The molecule has 2 fully saturated rings. The van der Waals surface area contributed by atoms with Gasteiger partial charge in [0.15, 0.2) is 12.4 Å². The van der Waals surface area contributed by atoms with E-state index in [9.17, 15) is 23.3 Å². The zero-order valence-electron chi connectivity index (χ0n) is 15.1. The average Bonchev–Trinajstić information content (AvgIpc) is 3.33. The molecule has 2 aliphatic rings. The zero-order valence-corrected chi connectivity index (χ0v) is 15.9. The fourth-order valence-electron chi connectivity index (χ4n) is 3.15. The minimum absolute atomic E-state index is 0.0454. The number of amides is 1. The van der Waals surface area contributed by atoms with Crippen LogP contribution in [0.1, 0.15) is 32.6 Å². The maximum Gasteiger partial charge on any atom is 0.312 e. The number of hydrogen-bond acceptors (Lipinski definition) is 6. The quantitative estimate of drug-likeness (QED) is 0.526. The Morgan fingerprint density at radius 1 is 1.37 bits per heavy atom. The van der Waals surface area contributed by atoms with Crippen molar-refractivity contribution < 1.29 is 22.9 Å². The summed E-state index contributed by atoms with van der Waals surface area (Å²) in [6.45, 7) is 2.37. The van der Waals surface area contributed by atoms with Crippen LogP contribution >= 0.6 is 0 Å². The summed E-state index contributed by atoms with van der Waals surface area (Å²) in [6, 6.07) is 3.55. The number of hydrogen-bond donors (Lipinski definition) is 1. The van der Waals surface area contributed by atoms with Gasteiger partial charge in [-0.25, -0.2) is 8.42 Å². The molecule has 0 aromatic heterocycles. The van der Waals surface area contributed by atoms with E-state index in [-0.39, 0.29) is 29.2 Å². The van der Waals surface area contributed by atoms with Gasteiger partial charge in [-0.15, -0.1) is 0 Å². The average molecular weight is 397 g/mol. The Morgan fingerprint density at radius 2 is 2.04 bits per heavy atom. The first-order valence-electron chi connectivity index (χ1n) is 9.00. The molecule has 1 aromatic carbocycles. The molecule has 0 bridgehead atoms. The van der Waals surface area contributed by atoms with E-state index in [0.717, 1.165) is 31.7 Å². The fraction of sp³-hybridized carbons (Fsp3) is 0.588. The highest BCUT2D eigenvalue weighted by Crippen LogP contribution is 2.33. The van der Waals surface area contributed by atoms with E-state index in [2.05, 4.69) is 5.32 Å². The molecule has 1 N–H and O–H groups in total. The molecule has 0 spiro atoms. The van der Waals surface area contributed by atoms with Crippen LogP contribution in [0.3, 0.4) is 0 Å². The van der Waals surface area contributed by atoms with Crippen molar-refractivity contribution in [3.8, 4) is 5.75 Å². The molecule has 0 radical (unpaired) electrons. The first-order valence-corrected chi connectivity index (χ1v) is 10.4. The number of carbonyl (C=O) groups excluding carboxylic acids is 1. The number of nitrogens with zero attached hydrogens (tertiary/aromatic N) is 2. The Hall–Kier alpha value is -2.20. The SMILES string of the molecule is C[C@@H](NC(=O)COc1ccc(S(=O)(=O)N2CCCC2)cc1[N+](=O)[O-])C1CC1. The van der Waals surface area contributed by atoms with Gasteiger partial charge in [-0.3, -0.25) is 14.9 Å². The van der Waals surface area contributed by atoms with Gasteiger partial charge in [0.05, 0.1) is 9.82 Å². The van der Waals surface area contributed by atoms with Crippen LogP contribution in [-0.2, 0) is 14.8 Å². The first kappa shape index (κ1) is 19.6. The minimum Gasteiger partial charge on any atom is -0.477 e. The highest BCUT2D eigenvalue weighted by molar-refractivity contribution is 7.89. The largest absolute Gasteiger partial charge is 0.477 e. The molecule has 3 rings (SSSR count). The van der Waals surface area contributed by atoms with E-state index >= 15 is 0 Å². The number of sulfonamides is 1. The van der Waals surface area contributed by atoms with Crippen molar-refractivity contribution >= 4 is 21.6 Å². The van der Waals surface area contributed by atoms with Gasteiger partial charge in [-0.2, -0.15) is 4.31 Å². The number of carbonyl (C=O) groups is 1. The van der Waals surface area contributed by atoms with Crippen molar-refractivity contribution in [1.82, 2.24) is 9.62 Å². The van der Waals surface area contributed by atoms with Crippen molar-refractivity contribution in [1.29, 1.82) is 0 Å². The van der Waals surface area contributed by atoms with Crippen LogP contribution in [0.4, 0.5) is 5.69 Å². The zero-order chi connectivity index (χ0) is 19.6. The summed E-state index contributed by atoms with van der Waals surface area (Å²) in [5.41, 5.74) is -0.474. The maximum absolute atomic E-state index is 12.6. The maximum atomic E-state index is 12.6. The highest BCUT2D eigenvalue weighted by atomic mass is 32.2. The molecule has 1 aliphatic carbocycles. The Balaban J connectivity index is 1.71. The predicted octanol–water partition coefficient (Wildman–Crippen LogP) is 1.67. The molecule has 1 saturated heterocycles. The normalized spacial score (nSPS) is 18.9. The van der Waals surface area contributed by atoms with Gasteiger partial charge >= 0.3 is 5.69 Å². The number of ether oxygens (including phenoxy) is 1. The van der Waals surface area contributed by atoms with Gasteiger partial charge in [0.25, 0.3) is 5.91 Å². The standard InChI is InChI=1S/C17H23N3O6S/c1-12(13-4-5-13)18-17(21)11-26-16-7-6-14(10-15(16)20(22)23)27(24,25)19-8-2-3-9-19/h6-7,10,12-13H,2-5,8-9,11H2,1H3,(H,18,21)/t12-/m1/s1.